The first kappa shape index (κ1) is 32.9. The Morgan fingerprint density at radius 2 is 1.87 bits per heavy atom. The number of alkyl halides is 3. The summed E-state index contributed by atoms with van der Waals surface area (Å²) in [5.74, 6) is -2.75. The fourth-order valence-corrected chi connectivity index (χ4v) is 4.61. The zero-order valence-electron chi connectivity index (χ0n) is 24.2. The Balaban J connectivity index is 1.61. The molecule has 240 valence electrons. The SMILES string of the molecule is C[C@H](N)CCCc1cc(OC(F)(F)F)c(F)c(-c2cc3cn(-c4ccc([C@@H](N)C(=O)NCCN=C(N)N)cc4)c(=O)nc3[nH]2)c1. The van der Waals surface area contributed by atoms with Gasteiger partial charge in [0.25, 0.3) is 0 Å². The Bertz CT molecular complexity index is 1740. The van der Waals surface area contributed by atoms with Crippen molar-refractivity contribution in [3.8, 4) is 22.7 Å². The summed E-state index contributed by atoms with van der Waals surface area (Å²) in [6.07, 6.45) is -2.13. The van der Waals surface area contributed by atoms with E-state index < -0.39 is 35.6 Å². The monoisotopic (exact) mass is 631 g/mol. The number of carbonyl (C=O) groups excluding carboxylic acids is 1. The molecule has 0 saturated heterocycles. The maximum absolute atomic E-state index is 15.3. The summed E-state index contributed by atoms with van der Waals surface area (Å²) in [7, 11) is 0. The number of amides is 1. The second-order valence-corrected chi connectivity index (χ2v) is 10.4. The van der Waals surface area contributed by atoms with Crippen LogP contribution in [0.3, 0.4) is 0 Å². The number of rotatable bonds is 12. The number of nitrogens with two attached hydrogens (primary N) is 4. The van der Waals surface area contributed by atoms with E-state index in [0.29, 0.717) is 41.5 Å². The van der Waals surface area contributed by atoms with Crippen molar-refractivity contribution in [3.63, 3.8) is 0 Å². The number of fused-ring (bicyclic) bond motifs is 1. The maximum Gasteiger partial charge on any atom is 0.573 e. The van der Waals surface area contributed by atoms with Gasteiger partial charge in [-0.05, 0) is 67.6 Å². The van der Waals surface area contributed by atoms with Gasteiger partial charge in [-0.2, -0.15) is 4.98 Å². The molecule has 0 unspecified atom stereocenters. The number of H-pyrrole nitrogens is 1. The molecular weight excluding hydrogens is 598 g/mol. The van der Waals surface area contributed by atoms with E-state index in [1.807, 2.05) is 6.92 Å². The number of nitrogens with zero attached hydrogens (tertiary/aromatic N) is 3. The highest BCUT2D eigenvalue weighted by Gasteiger charge is 2.33. The number of benzene rings is 2. The molecule has 0 fully saturated rings. The minimum Gasteiger partial charge on any atom is -0.403 e. The predicted octanol–water partition coefficient (Wildman–Crippen LogP) is 2.48. The van der Waals surface area contributed by atoms with Crippen molar-refractivity contribution in [2.45, 2.75) is 44.6 Å². The van der Waals surface area contributed by atoms with Crippen LogP contribution in [0.1, 0.15) is 36.9 Å². The Morgan fingerprint density at radius 3 is 2.51 bits per heavy atom. The molecule has 2 aromatic heterocycles. The largest absolute Gasteiger partial charge is 0.573 e. The average molecular weight is 632 g/mol. The molecule has 0 bridgehead atoms. The van der Waals surface area contributed by atoms with Crippen LogP contribution in [0.4, 0.5) is 17.6 Å². The van der Waals surface area contributed by atoms with Gasteiger partial charge >= 0.3 is 12.1 Å². The number of aromatic amines is 1. The van der Waals surface area contributed by atoms with Crippen molar-refractivity contribution >= 4 is 22.9 Å². The van der Waals surface area contributed by atoms with Gasteiger partial charge in [0, 0.05) is 29.7 Å². The number of hydrogen-bond acceptors (Lipinski definition) is 7. The number of aliphatic imine (C=N–C) groups is 1. The molecule has 0 spiro atoms. The van der Waals surface area contributed by atoms with Crippen LogP contribution in [0, 0.1) is 5.82 Å². The van der Waals surface area contributed by atoms with Crippen LogP contribution < -0.4 is 38.7 Å². The van der Waals surface area contributed by atoms with Gasteiger partial charge in [-0.25, -0.2) is 9.18 Å². The zero-order chi connectivity index (χ0) is 32.9. The second-order valence-electron chi connectivity index (χ2n) is 10.4. The van der Waals surface area contributed by atoms with Gasteiger partial charge in [0.15, 0.2) is 17.5 Å². The van der Waals surface area contributed by atoms with Crippen molar-refractivity contribution in [1.82, 2.24) is 19.9 Å². The van der Waals surface area contributed by atoms with Gasteiger partial charge < -0.3 is 38.0 Å². The van der Waals surface area contributed by atoms with E-state index in [1.54, 1.807) is 24.3 Å². The normalized spacial score (nSPS) is 13.0. The van der Waals surface area contributed by atoms with E-state index in [9.17, 15) is 22.8 Å². The van der Waals surface area contributed by atoms with Gasteiger partial charge in [0.05, 0.1) is 17.9 Å². The number of hydrogen-bond donors (Lipinski definition) is 6. The third-order valence-corrected chi connectivity index (χ3v) is 6.77. The van der Waals surface area contributed by atoms with Gasteiger partial charge in [0.1, 0.15) is 11.7 Å². The van der Waals surface area contributed by atoms with Crippen molar-refractivity contribution < 1.29 is 27.1 Å². The molecule has 0 radical (unpaired) electrons. The summed E-state index contributed by atoms with van der Waals surface area (Å²) in [4.78, 5) is 35.9. The van der Waals surface area contributed by atoms with Crippen molar-refractivity contribution in [1.29, 1.82) is 0 Å². The summed E-state index contributed by atoms with van der Waals surface area (Å²) in [6.45, 7) is 2.18. The minimum atomic E-state index is -5.11. The molecule has 0 aliphatic heterocycles. The first-order chi connectivity index (χ1) is 21.2. The molecule has 12 nitrogen and oxygen atoms in total. The first-order valence-electron chi connectivity index (χ1n) is 13.9. The van der Waals surface area contributed by atoms with Gasteiger partial charge in [-0.15, -0.1) is 13.2 Å². The van der Waals surface area contributed by atoms with Crippen LogP contribution in [0.25, 0.3) is 28.0 Å². The van der Waals surface area contributed by atoms with E-state index >= 15 is 4.39 Å². The average Bonchev–Trinajstić information content (AvgIpc) is 3.37. The molecule has 0 aliphatic rings. The highest BCUT2D eigenvalue weighted by Crippen LogP contribution is 2.35. The summed E-state index contributed by atoms with van der Waals surface area (Å²) in [5, 5.41) is 3.00. The molecule has 10 N–H and O–H groups in total. The third-order valence-electron chi connectivity index (χ3n) is 6.77. The number of ether oxygens (including phenoxy) is 1. The van der Waals surface area contributed by atoms with Gasteiger partial charge in [0.2, 0.25) is 5.91 Å². The van der Waals surface area contributed by atoms with Crippen molar-refractivity contribution in [2.24, 2.45) is 27.9 Å². The Labute approximate surface area is 254 Å². The summed E-state index contributed by atoms with van der Waals surface area (Å²) in [6, 6.07) is 9.08. The lowest BCUT2D eigenvalue weighted by Gasteiger charge is -2.14. The van der Waals surface area contributed by atoms with Crippen molar-refractivity contribution in [3.05, 3.63) is 76.1 Å². The zero-order valence-corrected chi connectivity index (χ0v) is 24.2. The lowest BCUT2D eigenvalue weighted by atomic mass is 10.0. The number of carbonyl (C=O) groups is 1. The van der Waals surface area contributed by atoms with E-state index in [-0.39, 0.29) is 42.0 Å². The molecule has 2 aromatic carbocycles. The molecule has 4 rings (SSSR count). The summed E-state index contributed by atoms with van der Waals surface area (Å²) in [5.41, 5.74) is 22.9. The standard InChI is InChI=1S/C29H33F4N9O3/c1-15(34)3-2-4-16-11-20(23(30)22(12-16)45-29(31,32)33)21-13-18-14-42(28(44)41-25(18)40-21)19-7-5-17(6-8-19)24(35)26(43)38-9-10-39-27(36)37/h5-8,11-15,24H,2-4,9-10,34-35H2,1H3,(H,38,43)(H4,36,37,39)(H,40,41,44)/t15-,24+/m0/s1. The second kappa shape index (κ2) is 13.8. The molecule has 16 heteroatoms. The van der Waals surface area contributed by atoms with E-state index in [0.717, 1.165) is 6.07 Å². The Kier molecular flexibility index (Phi) is 10.1. The number of halogens is 4. The molecule has 0 saturated carbocycles. The van der Waals surface area contributed by atoms with Crippen LogP contribution in [0.5, 0.6) is 5.75 Å². The van der Waals surface area contributed by atoms with E-state index in [1.165, 1.54) is 22.9 Å². The third kappa shape index (κ3) is 8.57. The lowest BCUT2D eigenvalue weighted by Crippen LogP contribution is -2.36. The highest BCUT2D eigenvalue weighted by atomic mass is 19.4. The fourth-order valence-electron chi connectivity index (χ4n) is 4.61. The van der Waals surface area contributed by atoms with Crippen LogP contribution in [0.2, 0.25) is 0 Å². The van der Waals surface area contributed by atoms with Gasteiger partial charge in [-0.3, -0.25) is 14.4 Å². The van der Waals surface area contributed by atoms with E-state index in [4.69, 9.17) is 22.9 Å². The summed E-state index contributed by atoms with van der Waals surface area (Å²) < 4.78 is 59.7. The molecule has 45 heavy (non-hydrogen) atoms. The van der Waals surface area contributed by atoms with Crippen LogP contribution >= 0.6 is 0 Å². The molecule has 0 aliphatic carbocycles. The minimum absolute atomic E-state index is 0.0976. The maximum atomic E-state index is 15.3. The molecule has 4 aromatic rings. The Hall–Kier alpha value is -4.96. The van der Waals surface area contributed by atoms with Crippen LogP contribution in [-0.2, 0) is 11.2 Å². The lowest BCUT2D eigenvalue weighted by molar-refractivity contribution is -0.275. The molecular formula is C29H33F4N9O3. The number of aryl methyl sites for hydroxylation is 1. The first-order valence-corrected chi connectivity index (χ1v) is 13.9. The smallest absolute Gasteiger partial charge is 0.403 e. The van der Waals surface area contributed by atoms with Crippen LogP contribution in [0.15, 0.2) is 58.4 Å². The van der Waals surface area contributed by atoms with Crippen molar-refractivity contribution in [2.75, 3.05) is 13.1 Å². The number of guanidine groups is 1. The number of aromatic nitrogens is 3. The van der Waals surface area contributed by atoms with Gasteiger partial charge in [-0.1, -0.05) is 12.1 Å². The number of nitrogens with one attached hydrogen (secondary N) is 2. The topological polar surface area (TPSA) is 205 Å². The molecule has 1 amide bonds. The Morgan fingerprint density at radius 1 is 1.16 bits per heavy atom. The highest BCUT2D eigenvalue weighted by molar-refractivity contribution is 5.84. The van der Waals surface area contributed by atoms with E-state index in [2.05, 4.69) is 25.0 Å². The molecule has 2 heterocycles. The molecule has 2 atom stereocenters. The predicted molar refractivity (Wildman–Crippen MR) is 161 cm³/mol. The summed E-state index contributed by atoms with van der Waals surface area (Å²) >= 11 is 0. The quantitative estimate of drug-likeness (QED) is 0.0591. The van der Waals surface area contributed by atoms with Crippen LogP contribution in [-0.4, -0.2) is 51.9 Å². The fraction of sp³-hybridized carbons (Fsp3) is 0.310.